The third kappa shape index (κ3) is 2.79. The molecule has 0 aromatic heterocycles. The lowest BCUT2D eigenvalue weighted by Crippen LogP contribution is -2.63. The van der Waals surface area contributed by atoms with Gasteiger partial charge in [0.1, 0.15) is 6.61 Å². The van der Waals surface area contributed by atoms with Crippen LogP contribution in [0.3, 0.4) is 0 Å². The fourth-order valence-corrected chi connectivity index (χ4v) is 7.85. The van der Waals surface area contributed by atoms with E-state index in [0.717, 1.165) is 5.57 Å². The van der Waals surface area contributed by atoms with Crippen LogP contribution in [0.5, 0.6) is 0 Å². The van der Waals surface area contributed by atoms with Gasteiger partial charge in [0.05, 0.1) is 12.2 Å². The molecule has 2 N–H and O–H groups in total. The molecule has 3 saturated carbocycles. The van der Waals surface area contributed by atoms with Gasteiger partial charge in [-0.1, -0.05) is 38.7 Å². The smallest absolute Gasteiger partial charge is 0.193 e. The summed E-state index contributed by atoms with van der Waals surface area (Å²) in [5.41, 5.74) is -2.71. The fourth-order valence-electron chi connectivity index (χ4n) is 7.85. The summed E-state index contributed by atoms with van der Waals surface area (Å²) < 4.78 is 76.4. The van der Waals surface area contributed by atoms with Gasteiger partial charge < -0.3 is 19.7 Å². The van der Waals surface area contributed by atoms with Gasteiger partial charge in [0.2, 0.25) is 0 Å². The van der Waals surface area contributed by atoms with Crippen molar-refractivity contribution in [1.29, 1.82) is 0 Å². The Morgan fingerprint density at radius 1 is 1.41 bits per heavy atom. The number of Topliss-reactive ketones (excluding diaryl/α,β-unsaturated/α-hetero) is 1. The maximum Gasteiger partial charge on any atom is 0.193 e. The first kappa shape index (κ1) is 14.8. The number of rotatable bonds is 5. The standard InChI is InChI=1S/C26H36O6/c1-4-5-6-22-31-21-12-18-17-8-7-15-11-16(28)9-10-24(15,2)23(17)19(29)13-25(18,3)26(21,32-22)20(30)14-27/h9-11,17-19,21-23,27,29H,4-8,12-14H2,1-3H3/t17-,18-,19-,21+,22?,23+,24-,25-,26+/m0/s1/i1D2,4D2,5D2,6D2. The summed E-state index contributed by atoms with van der Waals surface area (Å²) in [5, 5.41) is 21.7. The molecule has 0 bridgehead atoms. The lowest BCUT2D eigenvalue weighted by Gasteiger charge is -2.59. The number of carbonyl (C=O) groups is 2. The van der Waals surface area contributed by atoms with Crippen molar-refractivity contribution in [2.75, 3.05) is 6.61 Å². The van der Waals surface area contributed by atoms with Crippen LogP contribution in [0, 0.1) is 28.6 Å². The normalized spacial score (nSPS) is 54.3. The van der Waals surface area contributed by atoms with Gasteiger partial charge in [-0.15, -0.1) is 0 Å². The number of hydrogen-bond donors (Lipinski definition) is 2. The molecule has 0 aromatic rings. The molecule has 1 saturated heterocycles. The molecule has 5 aliphatic rings. The second-order valence-corrected chi connectivity index (χ2v) is 10.3. The maximum atomic E-state index is 13.6. The van der Waals surface area contributed by atoms with Crippen LogP contribution in [0.25, 0.3) is 0 Å². The zero-order valence-electron chi connectivity index (χ0n) is 26.3. The van der Waals surface area contributed by atoms with Crippen molar-refractivity contribution in [1.82, 2.24) is 0 Å². The molecular formula is C26H36O6. The van der Waals surface area contributed by atoms with Crippen LogP contribution in [-0.4, -0.2) is 52.5 Å². The first-order chi connectivity index (χ1) is 18.3. The highest BCUT2D eigenvalue weighted by molar-refractivity contribution is 6.01. The summed E-state index contributed by atoms with van der Waals surface area (Å²) in [6.07, 6.45) is -7.58. The first-order valence-corrected chi connectivity index (χ1v) is 11.3. The number of aliphatic hydroxyl groups excluding tert-OH is 2. The van der Waals surface area contributed by atoms with Crippen LogP contribution in [0.2, 0.25) is 0 Å². The Hall–Kier alpha value is -1.34. The predicted octanol–water partition coefficient (Wildman–Crippen LogP) is 3.11. The summed E-state index contributed by atoms with van der Waals surface area (Å²) >= 11 is 0. The molecule has 1 heterocycles. The lowest BCUT2D eigenvalue weighted by atomic mass is 9.46. The molecule has 4 fully saturated rings. The van der Waals surface area contributed by atoms with Gasteiger partial charge >= 0.3 is 0 Å². The molecule has 5 rings (SSSR count). The quantitative estimate of drug-likeness (QED) is 0.666. The molecule has 0 spiro atoms. The number of ether oxygens (including phenoxy) is 2. The average Bonchev–Trinajstić information content (AvgIpc) is 3.37. The van der Waals surface area contributed by atoms with Crippen molar-refractivity contribution < 1.29 is 40.2 Å². The summed E-state index contributed by atoms with van der Waals surface area (Å²) in [6.45, 7) is 0.410. The molecular weight excluding hydrogens is 408 g/mol. The molecule has 176 valence electrons. The first-order valence-electron chi connectivity index (χ1n) is 15.4. The highest BCUT2D eigenvalue weighted by atomic mass is 16.7. The highest BCUT2D eigenvalue weighted by Gasteiger charge is 2.75. The van der Waals surface area contributed by atoms with E-state index in [4.69, 9.17) is 20.4 Å². The number of aliphatic hydroxyl groups is 2. The number of ketones is 2. The Bertz CT molecular complexity index is 1170. The Kier molecular flexibility index (Phi) is 3.51. The molecule has 0 radical (unpaired) electrons. The van der Waals surface area contributed by atoms with Crippen molar-refractivity contribution in [3.63, 3.8) is 0 Å². The van der Waals surface area contributed by atoms with Gasteiger partial charge in [0.15, 0.2) is 23.5 Å². The largest absolute Gasteiger partial charge is 0.393 e. The summed E-state index contributed by atoms with van der Waals surface area (Å²) in [6, 6.07) is 0. The van der Waals surface area contributed by atoms with Crippen molar-refractivity contribution in [3.8, 4) is 0 Å². The van der Waals surface area contributed by atoms with Crippen LogP contribution >= 0.6 is 0 Å². The van der Waals surface area contributed by atoms with Crippen molar-refractivity contribution in [3.05, 3.63) is 23.8 Å². The molecule has 6 nitrogen and oxygen atoms in total. The SMILES string of the molecule is [2H]C([2H])C([2H])([2H])C([2H])([2H])C([2H])([2H])C1O[C@@H]2C[C@H]3[C@@H]4CCC5=CC(=O)C=C[C@]5(C)[C@H]4[C@@H](O)C[C@]3(C)[C@]2(C(=O)CO)O1. The second-order valence-electron chi connectivity index (χ2n) is 10.3. The Morgan fingerprint density at radius 2 is 2.22 bits per heavy atom. The van der Waals surface area contributed by atoms with Gasteiger partial charge in [-0.25, -0.2) is 0 Å². The monoisotopic (exact) mass is 452 g/mol. The average molecular weight is 453 g/mol. The third-order valence-corrected chi connectivity index (χ3v) is 9.06. The van der Waals surface area contributed by atoms with E-state index in [-0.39, 0.29) is 36.4 Å². The summed E-state index contributed by atoms with van der Waals surface area (Å²) in [5.74, 6) is -1.55. The fraction of sp³-hybridized carbons (Fsp3) is 0.769. The van der Waals surface area contributed by atoms with E-state index in [1.54, 1.807) is 13.0 Å². The van der Waals surface area contributed by atoms with Gasteiger partial charge in [0.25, 0.3) is 0 Å². The highest BCUT2D eigenvalue weighted by Crippen LogP contribution is 2.69. The van der Waals surface area contributed by atoms with E-state index in [1.165, 1.54) is 6.08 Å². The van der Waals surface area contributed by atoms with E-state index in [2.05, 4.69) is 0 Å². The van der Waals surface area contributed by atoms with E-state index in [1.807, 2.05) is 13.0 Å². The molecule has 9 atom stereocenters. The summed E-state index contributed by atoms with van der Waals surface area (Å²) in [4.78, 5) is 25.6. The van der Waals surface area contributed by atoms with Gasteiger partial charge in [0, 0.05) is 27.7 Å². The minimum atomic E-state index is -3.43. The number of fused-ring (bicyclic) bond motifs is 7. The topological polar surface area (TPSA) is 93.1 Å². The maximum absolute atomic E-state index is 13.6. The number of allylic oxidation sites excluding steroid dienone is 4. The molecule has 4 aliphatic carbocycles. The molecule has 32 heavy (non-hydrogen) atoms. The van der Waals surface area contributed by atoms with E-state index in [0.29, 0.717) is 12.8 Å². The van der Waals surface area contributed by atoms with E-state index >= 15 is 0 Å². The molecule has 1 unspecified atom stereocenters. The minimum Gasteiger partial charge on any atom is -0.393 e. The summed E-state index contributed by atoms with van der Waals surface area (Å²) in [7, 11) is 0. The van der Waals surface area contributed by atoms with Crippen molar-refractivity contribution in [2.24, 2.45) is 28.6 Å². The zero-order valence-corrected chi connectivity index (χ0v) is 18.3. The lowest BCUT2D eigenvalue weighted by molar-refractivity contribution is -0.200. The van der Waals surface area contributed by atoms with Gasteiger partial charge in [-0.3, -0.25) is 9.59 Å². The van der Waals surface area contributed by atoms with E-state index in [9.17, 15) is 19.8 Å². The molecule has 1 aliphatic heterocycles. The van der Waals surface area contributed by atoms with Crippen LogP contribution in [0.4, 0.5) is 0 Å². The Balaban J connectivity index is 1.54. The van der Waals surface area contributed by atoms with Crippen molar-refractivity contribution in [2.45, 2.75) is 89.6 Å². The predicted molar refractivity (Wildman–Crippen MR) is 117 cm³/mol. The van der Waals surface area contributed by atoms with Gasteiger partial charge in [-0.05, 0) is 62.4 Å². The minimum absolute atomic E-state index is 0.0417. The van der Waals surface area contributed by atoms with Crippen LogP contribution in [-0.2, 0) is 19.1 Å². The number of hydrogen-bond acceptors (Lipinski definition) is 6. The van der Waals surface area contributed by atoms with Gasteiger partial charge in [-0.2, -0.15) is 0 Å². The van der Waals surface area contributed by atoms with Crippen LogP contribution < -0.4 is 0 Å². The Morgan fingerprint density at radius 3 is 2.97 bits per heavy atom. The number of carbonyl (C=O) groups excluding carboxylic acids is 2. The Labute approximate surface area is 201 Å². The molecule has 0 amide bonds. The zero-order chi connectivity index (χ0) is 29.8. The third-order valence-electron chi connectivity index (χ3n) is 9.06. The van der Waals surface area contributed by atoms with Crippen molar-refractivity contribution >= 4 is 11.6 Å². The second kappa shape index (κ2) is 7.59. The van der Waals surface area contributed by atoms with E-state index < -0.39 is 73.3 Å². The van der Waals surface area contributed by atoms with Crippen LogP contribution in [0.15, 0.2) is 23.8 Å². The molecule has 6 heteroatoms. The molecule has 0 aromatic carbocycles. The van der Waals surface area contributed by atoms with Crippen LogP contribution in [0.1, 0.15) is 76.5 Å².